The van der Waals surface area contributed by atoms with Crippen LogP contribution in [-0.2, 0) is 14.9 Å². The summed E-state index contributed by atoms with van der Waals surface area (Å²) in [6.07, 6.45) is 2.56. The number of nitrogens with zero attached hydrogens (tertiary/aromatic N) is 2. The highest BCUT2D eigenvalue weighted by molar-refractivity contribution is 5.98. The zero-order valence-electron chi connectivity index (χ0n) is 21.7. The maximum Gasteiger partial charge on any atom is 0.410 e. The first-order valence-electron chi connectivity index (χ1n) is 13.8. The topological polar surface area (TPSA) is 79.6 Å². The second kappa shape index (κ2) is 9.36. The minimum Gasteiger partial charge on any atom is -0.448 e. The molecular formula is C33H30N2O4. The number of piperidine rings is 1. The Bertz CT molecular complexity index is 1430. The molecule has 0 spiro atoms. The molecule has 1 amide bonds. The normalized spacial score (nSPS) is 24.3. The number of morpholine rings is 1. The van der Waals surface area contributed by atoms with Gasteiger partial charge in [-0.2, -0.15) is 5.26 Å². The number of ketones is 1. The number of benzene rings is 3. The third-order valence-corrected chi connectivity index (χ3v) is 9.12. The molecule has 3 aromatic carbocycles. The Balaban J connectivity index is 1.04. The average Bonchev–Trinajstić information content (AvgIpc) is 3.72. The molecule has 1 saturated carbocycles. The molecule has 2 atom stereocenters. The molecule has 39 heavy (non-hydrogen) atoms. The quantitative estimate of drug-likeness (QED) is 0.396. The molecule has 7 rings (SSSR count). The number of rotatable bonds is 5. The lowest BCUT2D eigenvalue weighted by atomic mass is 9.80. The van der Waals surface area contributed by atoms with Crippen LogP contribution in [0.2, 0.25) is 0 Å². The third-order valence-electron chi connectivity index (χ3n) is 9.12. The number of hydrogen-bond acceptors (Lipinski definition) is 5. The summed E-state index contributed by atoms with van der Waals surface area (Å²) in [6.45, 7) is 1.10. The van der Waals surface area contributed by atoms with Crippen molar-refractivity contribution in [2.24, 2.45) is 5.92 Å². The monoisotopic (exact) mass is 518 g/mol. The molecule has 6 nitrogen and oxygen atoms in total. The molecule has 0 aromatic heterocycles. The van der Waals surface area contributed by atoms with Gasteiger partial charge in [-0.1, -0.05) is 72.8 Å². The average molecular weight is 519 g/mol. The smallest absolute Gasteiger partial charge is 0.410 e. The SMILES string of the molecule is N#CC1(c2ccc(C(=O)C3CC4COCC(C3)N4C(=O)OCC3c4ccccc4-c4ccccc43)cc2)CC1. The van der Waals surface area contributed by atoms with Crippen LogP contribution in [0, 0.1) is 17.2 Å². The van der Waals surface area contributed by atoms with E-state index in [1.165, 1.54) is 22.3 Å². The van der Waals surface area contributed by atoms with Crippen molar-refractivity contribution in [3.8, 4) is 17.2 Å². The van der Waals surface area contributed by atoms with E-state index in [4.69, 9.17) is 9.47 Å². The summed E-state index contributed by atoms with van der Waals surface area (Å²) in [5.74, 6) is -0.0546. The molecule has 2 aliphatic carbocycles. The van der Waals surface area contributed by atoms with Crippen molar-refractivity contribution in [2.75, 3.05) is 19.8 Å². The van der Waals surface area contributed by atoms with Gasteiger partial charge in [0, 0.05) is 17.4 Å². The van der Waals surface area contributed by atoms with Gasteiger partial charge in [-0.15, -0.1) is 0 Å². The van der Waals surface area contributed by atoms with Crippen LogP contribution in [0.25, 0.3) is 11.1 Å². The van der Waals surface area contributed by atoms with E-state index in [2.05, 4.69) is 30.3 Å². The van der Waals surface area contributed by atoms with Gasteiger partial charge in [0.05, 0.1) is 36.8 Å². The van der Waals surface area contributed by atoms with E-state index in [0.717, 1.165) is 18.4 Å². The van der Waals surface area contributed by atoms with Gasteiger partial charge in [-0.05, 0) is 53.5 Å². The summed E-state index contributed by atoms with van der Waals surface area (Å²) < 4.78 is 11.8. The molecule has 2 saturated heterocycles. The van der Waals surface area contributed by atoms with E-state index in [1.807, 2.05) is 53.4 Å². The van der Waals surface area contributed by atoms with Gasteiger partial charge >= 0.3 is 6.09 Å². The number of fused-ring (bicyclic) bond motifs is 5. The Labute approximate surface area is 228 Å². The molecule has 2 aliphatic heterocycles. The Kier molecular flexibility index (Phi) is 5.79. The zero-order valence-corrected chi connectivity index (χ0v) is 21.7. The molecular weight excluding hydrogens is 488 g/mol. The summed E-state index contributed by atoms with van der Waals surface area (Å²) in [4.78, 5) is 28.7. The lowest BCUT2D eigenvalue weighted by Crippen LogP contribution is -2.60. The lowest BCUT2D eigenvalue weighted by molar-refractivity contribution is -0.0747. The summed E-state index contributed by atoms with van der Waals surface area (Å²) >= 11 is 0. The van der Waals surface area contributed by atoms with Gasteiger partial charge in [-0.25, -0.2) is 4.79 Å². The predicted molar refractivity (Wildman–Crippen MR) is 145 cm³/mol. The van der Waals surface area contributed by atoms with Gasteiger partial charge < -0.3 is 9.47 Å². The van der Waals surface area contributed by atoms with Crippen molar-refractivity contribution in [1.82, 2.24) is 4.90 Å². The molecule has 2 heterocycles. The van der Waals surface area contributed by atoms with Crippen molar-refractivity contribution in [2.45, 2.75) is 49.1 Å². The molecule has 4 aliphatic rings. The highest BCUT2D eigenvalue weighted by atomic mass is 16.6. The van der Waals surface area contributed by atoms with E-state index >= 15 is 0 Å². The Hall–Kier alpha value is -3.95. The van der Waals surface area contributed by atoms with Crippen molar-refractivity contribution in [3.05, 3.63) is 95.1 Å². The maximum atomic E-state index is 13.4. The van der Waals surface area contributed by atoms with Gasteiger partial charge in [0.2, 0.25) is 0 Å². The molecule has 3 fully saturated rings. The molecule has 3 aromatic rings. The van der Waals surface area contributed by atoms with Gasteiger partial charge in [-0.3, -0.25) is 9.69 Å². The number of amides is 1. The fourth-order valence-corrected chi connectivity index (χ4v) is 6.88. The third kappa shape index (κ3) is 4.04. The van der Waals surface area contributed by atoms with Crippen LogP contribution in [0.5, 0.6) is 0 Å². The van der Waals surface area contributed by atoms with Crippen molar-refractivity contribution >= 4 is 11.9 Å². The van der Waals surface area contributed by atoms with Crippen molar-refractivity contribution in [3.63, 3.8) is 0 Å². The van der Waals surface area contributed by atoms with Crippen LogP contribution in [-0.4, -0.2) is 48.7 Å². The summed E-state index contributed by atoms with van der Waals surface area (Å²) in [5.41, 5.74) is 6.09. The van der Waals surface area contributed by atoms with Gasteiger partial charge in [0.1, 0.15) is 6.61 Å². The largest absolute Gasteiger partial charge is 0.448 e. The Morgan fingerprint density at radius 3 is 2.05 bits per heavy atom. The van der Waals surface area contributed by atoms with Crippen molar-refractivity contribution < 1.29 is 19.1 Å². The maximum absolute atomic E-state index is 13.4. The number of carbonyl (C=O) groups excluding carboxylic acids is 2. The second-order valence-electron chi connectivity index (χ2n) is 11.4. The summed E-state index contributed by atoms with van der Waals surface area (Å²) in [6, 6.07) is 26.3. The first-order valence-corrected chi connectivity index (χ1v) is 13.8. The molecule has 2 unspecified atom stereocenters. The minimum atomic E-state index is -0.357. The number of ether oxygens (including phenoxy) is 2. The Morgan fingerprint density at radius 2 is 1.49 bits per heavy atom. The van der Waals surface area contributed by atoms with Crippen LogP contribution in [0.3, 0.4) is 0 Å². The summed E-state index contributed by atoms with van der Waals surface area (Å²) in [7, 11) is 0. The number of carbonyl (C=O) groups is 2. The van der Waals surface area contributed by atoms with Crippen LogP contribution in [0.15, 0.2) is 72.8 Å². The van der Waals surface area contributed by atoms with E-state index in [0.29, 0.717) is 31.6 Å². The fraction of sp³-hybridized carbons (Fsp3) is 0.364. The highest BCUT2D eigenvalue weighted by Crippen LogP contribution is 2.48. The van der Waals surface area contributed by atoms with Crippen LogP contribution in [0.4, 0.5) is 4.79 Å². The van der Waals surface area contributed by atoms with E-state index < -0.39 is 0 Å². The summed E-state index contributed by atoms with van der Waals surface area (Å²) in [5, 5.41) is 9.47. The molecule has 2 bridgehead atoms. The highest BCUT2D eigenvalue weighted by Gasteiger charge is 2.46. The standard InChI is InChI=1S/C33H30N2O4/c34-20-33(13-14-33)23-11-9-21(10-12-23)31(36)22-15-24-17-38-18-25(16-22)35(24)32(37)39-19-30-28-7-3-1-5-26(28)27-6-2-4-8-29(27)30/h1-12,22,24-25,30H,13-19H2. The van der Waals surface area contributed by atoms with E-state index in [9.17, 15) is 14.9 Å². The first kappa shape index (κ1) is 24.1. The number of Topliss-reactive ketones (excluding diaryl/α,β-unsaturated/α-hetero) is 1. The molecule has 0 radical (unpaired) electrons. The molecule has 0 N–H and O–H groups in total. The van der Waals surface area contributed by atoms with Crippen molar-refractivity contribution in [1.29, 1.82) is 5.26 Å². The predicted octanol–water partition coefficient (Wildman–Crippen LogP) is 5.85. The number of nitriles is 1. The lowest BCUT2D eigenvalue weighted by Gasteiger charge is -2.47. The minimum absolute atomic E-state index is 0.00957. The number of hydrogen-bond donors (Lipinski definition) is 0. The zero-order chi connectivity index (χ0) is 26.6. The fourth-order valence-electron chi connectivity index (χ4n) is 6.88. The Morgan fingerprint density at radius 1 is 0.897 bits per heavy atom. The van der Waals surface area contributed by atoms with E-state index in [-0.39, 0.29) is 47.8 Å². The van der Waals surface area contributed by atoms with Crippen LogP contribution < -0.4 is 0 Å². The van der Waals surface area contributed by atoms with Gasteiger partial charge in [0.15, 0.2) is 5.78 Å². The molecule has 196 valence electrons. The second-order valence-corrected chi connectivity index (χ2v) is 11.4. The van der Waals surface area contributed by atoms with Crippen LogP contribution >= 0.6 is 0 Å². The van der Waals surface area contributed by atoms with Gasteiger partial charge in [0.25, 0.3) is 0 Å². The molecule has 6 heteroatoms. The van der Waals surface area contributed by atoms with E-state index in [1.54, 1.807) is 0 Å². The van der Waals surface area contributed by atoms with Crippen LogP contribution in [0.1, 0.15) is 58.6 Å². The first-order chi connectivity index (χ1) is 19.1.